The van der Waals surface area contributed by atoms with Crippen molar-refractivity contribution in [3.05, 3.63) is 17.7 Å². The van der Waals surface area contributed by atoms with Crippen LogP contribution in [0.25, 0.3) is 0 Å². The molecule has 7 nitrogen and oxygen atoms in total. The molecule has 1 aliphatic carbocycles. The maximum Gasteiger partial charge on any atom is 0.329 e. The zero-order valence-corrected chi connectivity index (χ0v) is 12.1. The number of hydrogen-bond acceptors (Lipinski definition) is 5. The van der Waals surface area contributed by atoms with E-state index in [4.69, 9.17) is 19.3 Å². The molecule has 0 aromatic heterocycles. The third-order valence-corrected chi connectivity index (χ3v) is 3.44. The Bertz CT molecular complexity index is 554. The van der Waals surface area contributed by atoms with Gasteiger partial charge in [0.15, 0.2) is 11.5 Å². The van der Waals surface area contributed by atoms with Gasteiger partial charge in [0, 0.05) is 5.56 Å². The van der Waals surface area contributed by atoms with E-state index in [0.717, 1.165) is 0 Å². The molecule has 1 saturated carbocycles. The third kappa shape index (κ3) is 2.72. The largest absolute Gasteiger partial charge is 0.493 e. The highest BCUT2D eigenvalue weighted by molar-refractivity contribution is 5.99. The highest BCUT2D eigenvalue weighted by atomic mass is 16.5. The predicted octanol–water partition coefficient (Wildman–Crippen LogP) is 1.06. The Morgan fingerprint density at radius 3 is 1.95 bits per heavy atom. The van der Waals surface area contributed by atoms with E-state index in [1.54, 1.807) is 0 Å². The predicted molar refractivity (Wildman–Crippen MR) is 73.2 cm³/mol. The van der Waals surface area contributed by atoms with Gasteiger partial charge in [-0.2, -0.15) is 0 Å². The third-order valence-electron chi connectivity index (χ3n) is 3.44. The van der Waals surface area contributed by atoms with E-state index in [2.05, 4.69) is 5.32 Å². The molecule has 2 rings (SSSR count). The quantitative estimate of drug-likeness (QED) is 0.815. The lowest BCUT2D eigenvalue weighted by molar-refractivity contribution is -0.140. The molecule has 7 heteroatoms. The van der Waals surface area contributed by atoms with E-state index >= 15 is 0 Å². The number of methoxy groups -OCH3 is 3. The lowest BCUT2D eigenvalue weighted by atomic mass is 10.1. The van der Waals surface area contributed by atoms with Crippen molar-refractivity contribution < 1.29 is 28.9 Å². The van der Waals surface area contributed by atoms with E-state index in [-0.39, 0.29) is 5.56 Å². The minimum atomic E-state index is -1.14. The molecule has 0 spiro atoms. The minimum Gasteiger partial charge on any atom is -0.493 e. The van der Waals surface area contributed by atoms with Crippen molar-refractivity contribution in [3.8, 4) is 17.2 Å². The Morgan fingerprint density at radius 2 is 1.62 bits per heavy atom. The van der Waals surface area contributed by atoms with Crippen LogP contribution in [0, 0.1) is 0 Å². The SMILES string of the molecule is COc1cc(C(=O)NC2(C(=O)O)CC2)cc(OC)c1OC. The molecule has 0 bridgehead atoms. The number of rotatable bonds is 6. The number of benzene rings is 1. The van der Waals surface area contributed by atoms with Crippen molar-refractivity contribution in [3.63, 3.8) is 0 Å². The molecule has 0 atom stereocenters. The number of carbonyl (C=O) groups is 2. The molecule has 21 heavy (non-hydrogen) atoms. The zero-order chi connectivity index (χ0) is 15.6. The second-order valence-corrected chi connectivity index (χ2v) is 4.76. The van der Waals surface area contributed by atoms with Gasteiger partial charge in [0.05, 0.1) is 21.3 Å². The van der Waals surface area contributed by atoms with Crippen LogP contribution in [0.1, 0.15) is 23.2 Å². The lowest BCUT2D eigenvalue weighted by Crippen LogP contribution is -2.43. The second kappa shape index (κ2) is 5.51. The summed E-state index contributed by atoms with van der Waals surface area (Å²) in [6, 6.07) is 2.96. The van der Waals surface area contributed by atoms with Crippen LogP contribution in [-0.4, -0.2) is 43.9 Å². The summed E-state index contributed by atoms with van der Waals surface area (Å²) in [5.74, 6) is -0.474. The zero-order valence-electron chi connectivity index (χ0n) is 12.1. The van der Waals surface area contributed by atoms with Crippen LogP contribution in [0.4, 0.5) is 0 Å². The summed E-state index contributed by atoms with van der Waals surface area (Å²) in [6.07, 6.45) is 0.858. The number of carboxylic acid groups (broad SMARTS) is 1. The molecule has 0 aliphatic heterocycles. The van der Waals surface area contributed by atoms with Crippen molar-refractivity contribution in [2.45, 2.75) is 18.4 Å². The molecule has 1 amide bonds. The topological polar surface area (TPSA) is 94.1 Å². The van der Waals surface area contributed by atoms with Crippen LogP contribution in [0.15, 0.2) is 12.1 Å². The van der Waals surface area contributed by atoms with Gasteiger partial charge in [0.25, 0.3) is 5.91 Å². The molecule has 0 radical (unpaired) electrons. The molecule has 1 aliphatic rings. The first-order chi connectivity index (χ1) is 9.97. The lowest BCUT2D eigenvalue weighted by Gasteiger charge is -2.16. The normalized spacial score (nSPS) is 15.0. The minimum absolute atomic E-state index is 0.247. The van der Waals surface area contributed by atoms with Gasteiger partial charge in [-0.15, -0.1) is 0 Å². The van der Waals surface area contributed by atoms with Gasteiger partial charge in [0.1, 0.15) is 5.54 Å². The van der Waals surface area contributed by atoms with E-state index < -0.39 is 17.4 Å². The molecule has 0 saturated heterocycles. The van der Waals surface area contributed by atoms with E-state index in [1.165, 1.54) is 33.5 Å². The number of ether oxygens (including phenoxy) is 3. The van der Waals surface area contributed by atoms with Crippen molar-refractivity contribution in [1.82, 2.24) is 5.32 Å². The maximum atomic E-state index is 12.2. The fraction of sp³-hybridized carbons (Fsp3) is 0.429. The molecule has 114 valence electrons. The van der Waals surface area contributed by atoms with E-state index in [1.807, 2.05) is 0 Å². The van der Waals surface area contributed by atoms with Gasteiger partial charge in [-0.3, -0.25) is 4.79 Å². The highest BCUT2D eigenvalue weighted by Gasteiger charge is 2.51. The summed E-state index contributed by atoms with van der Waals surface area (Å²) in [4.78, 5) is 23.3. The van der Waals surface area contributed by atoms with Crippen molar-refractivity contribution in [1.29, 1.82) is 0 Å². The van der Waals surface area contributed by atoms with Gasteiger partial charge < -0.3 is 24.6 Å². The standard InChI is InChI=1S/C14H17NO6/c1-19-9-6-8(7-10(20-2)11(9)21-3)12(16)15-14(4-5-14)13(17)18/h6-7H,4-5H2,1-3H3,(H,15,16)(H,17,18). The number of carboxylic acids is 1. The van der Waals surface area contributed by atoms with Gasteiger partial charge in [-0.25, -0.2) is 4.79 Å². The van der Waals surface area contributed by atoms with Crippen molar-refractivity contribution in [2.75, 3.05) is 21.3 Å². The van der Waals surface area contributed by atoms with Gasteiger partial charge in [-0.1, -0.05) is 0 Å². The summed E-state index contributed by atoms with van der Waals surface area (Å²) < 4.78 is 15.5. The summed E-state index contributed by atoms with van der Waals surface area (Å²) >= 11 is 0. The molecule has 0 unspecified atom stereocenters. The number of carbonyl (C=O) groups excluding carboxylic acids is 1. The smallest absolute Gasteiger partial charge is 0.329 e. The van der Waals surface area contributed by atoms with Crippen molar-refractivity contribution in [2.24, 2.45) is 0 Å². The van der Waals surface area contributed by atoms with Gasteiger partial charge in [-0.05, 0) is 25.0 Å². The summed E-state index contributed by atoms with van der Waals surface area (Å²) in [5, 5.41) is 11.6. The van der Waals surface area contributed by atoms with Crippen LogP contribution in [0.5, 0.6) is 17.2 Å². The van der Waals surface area contributed by atoms with Gasteiger partial charge in [0.2, 0.25) is 5.75 Å². The molecule has 0 heterocycles. The second-order valence-electron chi connectivity index (χ2n) is 4.76. The Hall–Kier alpha value is -2.44. The summed E-state index contributed by atoms with van der Waals surface area (Å²) in [7, 11) is 4.35. The number of aliphatic carboxylic acids is 1. The van der Waals surface area contributed by atoms with E-state index in [9.17, 15) is 9.59 Å². The van der Waals surface area contributed by atoms with E-state index in [0.29, 0.717) is 30.1 Å². The molecular weight excluding hydrogens is 278 g/mol. The molecule has 1 aromatic rings. The van der Waals surface area contributed by atoms with Crippen LogP contribution in [0.2, 0.25) is 0 Å². The van der Waals surface area contributed by atoms with Crippen molar-refractivity contribution >= 4 is 11.9 Å². The first-order valence-corrected chi connectivity index (χ1v) is 6.33. The molecular formula is C14H17NO6. The van der Waals surface area contributed by atoms with Crippen LogP contribution < -0.4 is 19.5 Å². The Morgan fingerprint density at radius 1 is 1.10 bits per heavy atom. The average Bonchev–Trinajstić information content (AvgIpc) is 3.26. The Labute approximate surface area is 121 Å². The number of nitrogens with one attached hydrogen (secondary N) is 1. The average molecular weight is 295 g/mol. The molecule has 2 N–H and O–H groups in total. The maximum absolute atomic E-state index is 12.2. The van der Waals surface area contributed by atoms with Crippen LogP contribution in [-0.2, 0) is 4.79 Å². The van der Waals surface area contributed by atoms with Crippen LogP contribution >= 0.6 is 0 Å². The number of amides is 1. The summed E-state index contributed by atoms with van der Waals surface area (Å²) in [6.45, 7) is 0. The highest BCUT2D eigenvalue weighted by Crippen LogP contribution is 2.39. The summed E-state index contributed by atoms with van der Waals surface area (Å²) in [5.41, 5.74) is -0.894. The number of hydrogen-bond donors (Lipinski definition) is 2. The fourth-order valence-corrected chi connectivity index (χ4v) is 2.02. The first-order valence-electron chi connectivity index (χ1n) is 6.33. The monoisotopic (exact) mass is 295 g/mol. The first kappa shape index (κ1) is 15.0. The Kier molecular flexibility index (Phi) is 3.93. The van der Waals surface area contributed by atoms with Crippen LogP contribution in [0.3, 0.4) is 0 Å². The molecule has 1 fully saturated rings. The fourth-order valence-electron chi connectivity index (χ4n) is 2.02. The molecule has 1 aromatic carbocycles. The van der Waals surface area contributed by atoms with Gasteiger partial charge >= 0.3 is 5.97 Å². The Balaban J connectivity index is 2.31.